The SMILES string of the molecule is CC(=O)c1c(C2CC3CCC(C2)N3C(=O)CO)nc2c(-c3ccc(CF)nc3)cnn2c1N. The van der Waals surface area contributed by atoms with Crippen molar-refractivity contribution in [1.29, 1.82) is 0 Å². The van der Waals surface area contributed by atoms with Crippen molar-refractivity contribution < 1.29 is 19.1 Å². The van der Waals surface area contributed by atoms with Gasteiger partial charge in [0, 0.05) is 35.3 Å². The van der Waals surface area contributed by atoms with Gasteiger partial charge in [0.05, 0.1) is 23.1 Å². The summed E-state index contributed by atoms with van der Waals surface area (Å²) in [4.78, 5) is 35.7. The van der Waals surface area contributed by atoms with Crippen LogP contribution in [0.3, 0.4) is 0 Å². The molecule has 172 valence electrons. The summed E-state index contributed by atoms with van der Waals surface area (Å²) in [5, 5.41) is 13.7. The highest BCUT2D eigenvalue weighted by Gasteiger charge is 2.44. The minimum Gasteiger partial charge on any atom is -0.387 e. The molecule has 5 heterocycles. The maximum absolute atomic E-state index is 12.9. The molecule has 0 aromatic carbocycles. The molecular weight excluding hydrogens is 427 g/mol. The van der Waals surface area contributed by atoms with E-state index in [4.69, 9.17) is 10.7 Å². The number of alkyl halides is 1. The molecule has 0 aliphatic carbocycles. The number of nitrogens with two attached hydrogens (primary N) is 1. The van der Waals surface area contributed by atoms with Gasteiger partial charge in [0.2, 0.25) is 5.91 Å². The van der Waals surface area contributed by atoms with E-state index < -0.39 is 13.3 Å². The second kappa shape index (κ2) is 8.18. The predicted molar refractivity (Wildman–Crippen MR) is 118 cm³/mol. The van der Waals surface area contributed by atoms with Gasteiger partial charge in [-0.25, -0.2) is 9.37 Å². The lowest BCUT2D eigenvalue weighted by Gasteiger charge is -2.39. The molecule has 5 rings (SSSR count). The van der Waals surface area contributed by atoms with Crippen LogP contribution in [0.15, 0.2) is 24.5 Å². The Morgan fingerprint density at radius 1 is 1.21 bits per heavy atom. The summed E-state index contributed by atoms with van der Waals surface area (Å²) in [6, 6.07) is 3.39. The number of fused-ring (bicyclic) bond motifs is 3. The highest BCUT2D eigenvalue weighted by Crippen LogP contribution is 2.44. The first kappa shape index (κ1) is 21.4. The second-order valence-corrected chi connectivity index (χ2v) is 8.79. The number of hydrogen-bond donors (Lipinski definition) is 2. The van der Waals surface area contributed by atoms with Crippen LogP contribution in [-0.4, -0.2) is 60.0 Å². The fourth-order valence-electron chi connectivity index (χ4n) is 5.44. The number of nitrogens with zero attached hydrogens (tertiary/aromatic N) is 5. The second-order valence-electron chi connectivity index (χ2n) is 8.79. The van der Waals surface area contributed by atoms with Crippen LogP contribution >= 0.6 is 0 Å². The molecule has 2 fully saturated rings. The van der Waals surface area contributed by atoms with Crippen molar-refractivity contribution in [3.63, 3.8) is 0 Å². The Bertz CT molecular complexity index is 1230. The number of aliphatic hydroxyl groups excluding tert-OH is 1. The van der Waals surface area contributed by atoms with Crippen molar-refractivity contribution in [2.75, 3.05) is 12.3 Å². The topological polar surface area (TPSA) is 127 Å². The number of aliphatic hydroxyl groups is 1. The molecule has 2 bridgehead atoms. The zero-order chi connectivity index (χ0) is 23.3. The fraction of sp³-hybridized carbons (Fsp3) is 0.435. The summed E-state index contributed by atoms with van der Waals surface area (Å²) in [6.07, 6.45) is 6.23. The number of aromatic nitrogens is 4. The van der Waals surface area contributed by atoms with E-state index in [1.807, 2.05) is 0 Å². The fourth-order valence-corrected chi connectivity index (χ4v) is 5.44. The number of halogens is 1. The normalized spacial score (nSPS) is 22.2. The average Bonchev–Trinajstić information content (AvgIpc) is 3.36. The van der Waals surface area contributed by atoms with Gasteiger partial charge in [-0.1, -0.05) is 6.07 Å². The molecule has 2 atom stereocenters. The van der Waals surface area contributed by atoms with Gasteiger partial charge in [0.1, 0.15) is 19.1 Å². The predicted octanol–water partition coefficient (Wildman–Crippen LogP) is 2.27. The molecule has 0 radical (unpaired) electrons. The van der Waals surface area contributed by atoms with Crippen LogP contribution in [0.5, 0.6) is 0 Å². The molecule has 10 heteroatoms. The monoisotopic (exact) mass is 452 g/mol. The van der Waals surface area contributed by atoms with Gasteiger partial charge in [-0.15, -0.1) is 0 Å². The van der Waals surface area contributed by atoms with E-state index in [0.717, 1.165) is 18.4 Å². The number of Topliss-reactive ketones (excluding diaryl/α,β-unsaturated/α-hetero) is 1. The molecule has 3 N–H and O–H groups in total. The van der Waals surface area contributed by atoms with Crippen LogP contribution in [0.4, 0.5) is 10.2 Å². The van der Waals surface area contributed by atoms with Gasteiger partial charge in [0.25, 0.3) is 0 Å². The maximum atomic E-state index is 12.9. The summed E-state index contributed by atoms with van der Waals surface area (Å²) in [5.41, 5.74) is 9.65. The largest absolute Gasteiger partial charge is 0.387 e. The number of amides is 1. The lowest BCUT2D eigenvalue weighted by molar-refractivity contribution is -0.138. The summed E-state index contributed by atoms with van der Waals surface area (Å²) >= 11 is 0. The van der Waals surface area contributed by atoms with Crippen molar-refractivity contribution in [3.05, 3.63) is 41.5 Å². The quantitative estimate of drug-likeness (QED) is 0.569. The minimum atomic E-state index is -0.647. The number of ketones is 1. The molecule has 0 saturated carbocycles. The van der Waals surface area contributed by atoms with Crippen molar-refractivity contribution >= 4 is 23.2 Å². The number of pyridine rings is 1. The van der Waals surface area contributed by atoms with E-state index in [1.54, 1.807) is 29.4 Å². The number of rotatable bonds is 5. The highest BCUT2D eigenvalue weighted by atomic mass is 19.1. The third kappa shape index (κ3) is 3.45. The van der Waals surface area contributed by atoms with Crippen LogP contribution in [0.1, 0.15) is 60.3 Å². The number of piperidine rings is 1. The highest BCUT2D eigenvalue weighted by molar-refractivity contribution is 6.00. The number of carbonyl (C=O) groups excluding carboxylic acids is 2. The van der Waals surface area contributed by atoms with Crippen molar-refractivity contribution in [1.82, 2.24) is 24.5 Å². The van der Waals surface area contributed by atoms with E-state index in [-0.39, 0.29) is 35.5 Å². The molecule has 9 nitrogen and oxygen atoms in total. The van der Waals surface area contributed by atoms with Crippen LogP contribution in [0, 0.1) is 0 Å². The Kier molecular flexibility index (Phi) is 5.32. The Morgan fingerprint density at radius 3 is 2.52 bits per heavy atom. The average molecular weight is 452 g/mol. The Hall–Kier alpha value is -3.40. The third-order valence-corrected chi connectivity index (χ3v) is 6.88. The standard InChI is InChI=1S/C23H25FN6O3/c1-12(32)20-21(14-6-16-4-5-17(7-14)29(16)19(33)11-31)28-23-18(10-27-30(23)22(20)25)13-2-3-15(8-24)26-9-13/h2-3,9-10,14,16-17,31H,4-8,11,25H2,1H3. The molecule has 2 unspecified atom stereocenters. The number of anilines is 1. The molecule has 0 spiro atoms. The van der Waals surface area contributed by atoms with Gasteiger partial charge in [0.15, 0.2) is 11.4 Å². The number of carbonyl (C=O) groups is 2. The Balaban J connectivity index is 1.60. The van der Waals surface area contributed by atoms with Crippen LogP contribution in [0.2, 0.25) is 0 Å². The molecular formula is C23H25FN6O3. The maximum Gasteiger partial charge on any atom is 0.248 e. The van der Waals surface area contributed by atoms with Crippen molar-refractivity contribution in [2.45, 2.75) is 57.3 Å². The van der Waals surface area contributed by atoms with E-state index in [9.17, 15) is 19.1 Å². The lowest BCUT2D eigenvalue weighted by atomic mass is 9.85. The van der Waals surface area contributed by atoms with Gasteiger partial charge in [-0.2, -0.15) is 9.61 Å². The Labute approximate surface area is 189 Å². The Morgan fingerprint density at radius 2 is 1.94 bits per heavy atom. The smallest absolute Gasteiger partial charge is 0.248 e. The molecule has 2 saturated heterocycles. The van der Waals surface area contributed by atoms with E-state index >= 15 is 0 Å². The molecule has 3 aromatic heterocycles. The van der Waals surface area contributed by atoms with Gasteiger partial charge in [-0.05, 0) is 38.7 Å². The number of hydrogen-bond acceptors (Lipinski definition) is 7. The molecule has 2 aliphatic rings. The zero-order valence-electron chi connectivity index (χ0n) is 18.2. The third-order valence-electron chi connectivity index (χ3n) is 6.88. The molecule has 33 heavy (non-hydrogen) atoms. The first-order valence-electron chi connectivity index (χ1n) is 11.0. The summed E-state index contributed by atoms with van der Waals surface area (Å²) in [5.74, 6) is -0.267. The van der Waals surface area contributed by atoms with E-state index in [2.05, 4.69) is 10.1 Å². The van der Waals surface area contributed by atoms with Crippen LogP contribution in [-0.2, 0) is 11.5 Å². The molecule has 1 amide bonds. The van der Waals surface area contributed by atoms with Crippen molar-refractivity contribution in [2.24, 2.45) is 0 Å². The summed E-state index contributed by atoms with van der Waals surface area (Å²) in [7, 11) is 0. The lowest BCUT2D eigenvalue weighted by Crippen LogP contribution is -2.47. The minimum absolute atomic E-state index is 0.00860. The first-order valence-corrected chi connectivity index (χ1v) is 11.0. The van der Waals surface area contributed by atoms with Crippen LogP contribution in [0.25, 0.3) is 16.8 Å². The molecule has 3 aromatic rings. The van der Waals surface area contributed by atoms with Gasteiger partial charge >= 0.3 is 0 Å². The molecule has 2 aliphatic heterocycles. The zero-order valence-corrected chi connectivity index (χ0v) is 18.2. The van der Waals surface area contributed by atoms with E-state index in [0.29, 0.717) is 41.0 Å². The van der Waals surface area contributed by atoms with Crippen molar-refractivity contribution in [3.8, 4) is 11.1 Å². The van der Waals surface area contributed by atoms with E-state index in [1.165, 1.54) is 11.4 Å². The summed E-state index contributed by atoms with van der Waals surface area (Å²) in [6.45, 7) is 0.319. The van der Waals surface area contributed by atoms with Gasteiger partial charge in [-0.3, -0.25) is 14.6 Å². The van der Waals surface area contributed by atoms with Crippen LogP contribution < -0.4 is 5.73 Å². The summed E-state index contributed by atoms with van der Waals surface area (Å²) < 4.78 is 14.3. The van der Waals surface area contributed by atoms with Gasteiger partial charge < -0.3 is 15.7 Å². The number of nitrogen functional groups attached to an aromatic ring is 1. The first-order chi connectivity index (χ1) is 15.9.